The second kappa shape index (κ2) is 11.5. The number of carbonyl (C=O) groups excluding carboxylic acids is 1. The molecule has 192 valence electrons. The summed E-state index contributed by atoms with van der Waals surface area (Å²) in [6.45, 7) is -0.396. The Morgan fingerprint density at radius 3 is 2.00 bits per heavy atom. The normalized spacial score (nSPS) is 11.8. The van der Waals surface area contributed by atoms with Crippen LogP contribution in [0.3, 0.4) is 0 Å². The molecule has 1 amide bonds. The van der Waals surface area contributed by atoms with Gasteiger partial charge in [-0.3, -0.25) is 9.10 Å². The Balaban J connectivity index is 1.62. The predicted octanol–water partition coefficient (Wildman–Crippen LogP) is 2.47. The van der Waals surface area contributed by atoms with Crippen molar-refractivity contribution in [3.63, 3.8) is 0 Å². The molecule has 0 saturated heterocycles. The summed E-state index contributed by atoms with van der Waals surface area (Å²) in [5, 5.41) is 2.59. The van der Waals surface area contributed by atoms with Crippen molar-refractivity contribution >= 4 is 31.6 Å². The van der Waals surface area contributed by atoms with E-state index in [1.54, 1.807) is 18.2 Å². The van der Waals surface area contributed by atoms with Crippen LogP contribution in [0.25, 0.3) is 0 Å². The van der Waals surface area contributed by atoms with Gasteiger partial charge in [0, 0.05) is 14.1 Å². The summed E-state index contributed by atoms with van der Waals surface area (Å²) in [4.78, 5) is 12.7. The molecule has 0 radical (unpaired) electrons. The number of rotatable bonds is 11. The predicted molar refractivity (Wildman–Crippen MR) is 133 cm³/mol. The molecule has 0 aliphatic carbocycles. The molecule has 0 unspecified atom stereocenters. The monoisotopic (exact) mass is 535 g/mol. The highest BCUT2D eigenvalue weighted by atomic mass is 32.2. The molecule has 3 aromatic carbocycles. The largest absolute Gasteiger partial charge is 0.492 e. The highest BCUT2D eigenvalue weighted by Crippen LogP contribution is 2.24. The molecule has 3 aromatic rings. The topological polar surface area (TPSA) is 113 Å². The van der Waals surface area contributed by atoms with Crippen LogP contribution in [0.5, 0.6) is 5.75 Å². The van der Waals surface area contributed by atoms with Gasteiger partial charge in [-0.15, -0.1) is 0 Å². The van der Waals surface area contributed by atoms with Crippen LogP contribution < -0.4 is 14.4 Å². The zero-order chi connectivity index (χ0) is 26.3. The zero-order valence-corrected chi connectivity index (χ0v) is 21.3. The van der Waals surface area contributed by atoms with Gasteiger partial charge in [0.25, 0.3) is 10.0 Å². The SMILES string of the molecule is CN(C)S(=O)(=O)c1ccc(OCCNC(=O)CN(c2ccc(F)cc2)S(=O)(=O)c2ccccc2)cc1. The van der Waals surface area contributed by atoms with E-state index in [1.165, 1.54) is 62.6 Å². The van der Waals surface area contributed by atoms with E-state index in [4.69, 9.17) is 4.74 Å². The van der Waals surface area contributed by atoms with Crippen molar-refractivity contribution in [1.82, 2.24) is 9.62 Å². The molecule has 0 spiro atoms. The van der Waals surface area contributed by atoms with E-state index in [-0.39, 0.29) is 28.6 Å². The summed E-state index contributed by atoms with van der Waals surface area (Å²) in [6.07, 6.45) is 0. The molecule has 12 heteroatoms. The first-order valence-electron chi connectivity index (χ1n) is 10.8. The van der Waals surface area contributed by atoms with Crippen molar-refractivity contribution in [3.8, 4) is 5.75 Å². The Kier molecular flexibility index (Phi) is 8.66. The minimum Gasteiger partial charge on any atom is -0.492 e. The van der Waals surface area contributed by atoms with Gasteiger partial charge in [-0.2, -0.15) is 0 Å². The molecule has 0 heterocycles. The van der Waals surface area contributed by atoms with Crippen LogP contribution in [0.2, 0.25) is 0 Å². The first-order chi connectivity index (χ1) is 17.0. The highest BCUT2D eigenvalue weighted by molar-refractivity contribution is 7.92. The molecular weight excluding hydrogens is 509 g/mol. The molecule has 3 rings (SSSR count). The van der Waals surface area contributed by atoms with Crippen molar-refractivity contribution in [2.45, 2.75) is 9.79 Å². The number of amides is 1. The number of benzene rings is 3. The second-order valence-corrected chi connectivity index (χ2v) is 11.8. The molecule has 9 nitrogen and oxygen atoms in total. The highest BCUT2D eigenvalue weighted by Gasteiger charge is 2.27. The number of hydrogen-bond donors (Lipinski definition) is 1. The third-order valence-corrected chi connectivity index (χ3v) is 8.65. The van der Waals surface area contributed by atoms with Crippen LogP contribution >= 0.6 is 0 Å². The first-order valence-corrected chi connectivity index (χ1v) is 13.7. The summed E-state index contributed by atoms with van der Waals surface area (Å²) < 4.78 is 71.6. The lowest BCUT2D eigenvalue weighted by molar-refractivity contribution is -0.119. The Morgan fingerprint density at radius 1 is 0.833 bits per heavy atom. The zero-order valence-electron chi connectivity index (χ0n) is 19.7. The smallest absolute Gasteiger partial charge is 0.264 e. The first kappa shape index (κ1) is 27.1. The maximum Gasteiger partial charge on any atom is 0.264 e. The molecule has 0 fully saturated rings. The fourth-order valence-corrected chi connectivity index (χ4v) is 5.45. The van der Waals surface area contributed by atoms with Gasteiger partial charge < -0.3 is 10.1 Å². The van der Waals surface area contributed by atoms with Gasteiger partial charge in [0.05, 0.1) is 22.0 Å². The molecule has 1 N–H and O–H groups in total. The van der Waals surface area contributed by atoms with Crippen LogP contribution in [0.4, 0.5) is 10.1 Å². The number of halogens is 1. The van der Waals surface area contributed by atoms with E-state index < -0.39 is 38.3 Å². The second-order valence-electron chi connectivity index (χ2n) is 7.76. The van der Waals surface area contributed by atoms with E-state index in [9.17, 15) is 26.0 Å². The fourth-order valence-electron chi connectivity index (χ4n) is 3.11. The van der Waals surface area contributed by atoms with Gasteiger partial charge in [0.1, 0.15) is 24.7 Å². The van der Waals surface area contributed by atoms with Crippen LogP contribution in [0, 0.1) is 5.82 Å². The number of sulfonamides is 2. The average Bonchev–Trinajstić information content (AvgIpc) is 2.86. The summed E-state index contributed by atoms with van der Waals surface area (Å²) in [7, 11) is -4.77. The Hall–Kier alpha value is -3.48. The van der Waals surface area contributed by atoms with Crippen LogP contribution in [-0.2, 0) is 24.8 Å². The third kappa shape index (κ3) is 6.59. The van der Waals surface area contributed by atoms with Crippen LogP contribution in [0.15, 0.2) is 88.7 Å². The summed E-state index contributed by atoms with van der Waals surface area (Å²) in [6, 6.07) is 18.2. The van der Waals surface area contributed by atoms with E-state index in [0.717, 1.165) is 20.7 Å². The molecule has 0 aromatic heterocycles. The van der Waals surface area contributed by atoms with Gasteiger partial charge in [-0.1, -0.05) is 18.2 Å². The number of ether oxygens (including phenoxy) is 1. The minimum atomic E-state index is -4.09. The van der Waals surface area contributed by atoms with Crippen molar-refractivity contribution in [2.24, 2.45) is 0 Å². The van der Waals surface area contributed by atoms with Crippen LogP contribution in [-0.4, -0.2) is 60.8 Å². The van der Waals surface area contributed by atoms with Gasteiger partial charge in [-0.05, 0) is 60.7 Å². The molecule has 0 bridgehead atoms. The summed E-state index contributed by atoms with van der Waals surface area (Å²) in [5.74, 6) is -0.721. The molecule has 0 aliphatic heterocycles. The van der Waals surface area contributed by atoms with Gasteiger partial charge in [-0.25, -0.2) is 25.5 Å². The third-order valence-electron chi connectivity index (χ3n) is 5.03. The van der Waals surface area contributed by atoms with E-state index in [1.807, 2.05) is 0 Å². The minimum absolute atomic E-state index is 0.00909. The lowest BCUT2D eigenvalue weighted by Crippen LogP contribution is -2.41. The Labute approximate surface area is 210 Å². The molecule has 0 saturated carbocycles. The van der Waals surface area contributed by atoms with Gasteiger partial charge in [0.15, 0.2) is 0 Å². The van der Waals surface area contributed by atoms with E-state index >= 15 is 0 Å². The number of nitrogens with one attached hydrogen (secondary N) is 1. The van der Waals surface area contributed by atoms with Gasteiger partial charge >= 0.3 is 0 Å². The number of carbonyl (C=O) groups is 1. The molecule has 36 heavy (non-hydrogen) atoms. The number of anilines is 1. The maximum atomic E-state index is 13.4. The summed E-state index contributed by atoms with van der Waals surface area (Å²) >= 11 is 0. The quantitative estimate of drug-likeness (QED) is 0.378. The van der Waals surface area contributed by atoms with Crippen molar-refractivity contribution < 1.29 is 30.8 Å². The fraction of sp³-hybridized carbons (Fsp3) is 0.208. The Bertz CT molecular complexity index is 1380. The standard InChI is InChI=1S/C24H26FN3O6S2/c1-27(2)35(30,31)23-14-12-21(13-15-23)34-17-16-26-24(29)18-28(20-10-8-19(25)9-11-20)36(32,33)22-6-4-3-5-7-22/h3-15H,16-18H2,1-2H3,(H,26,29). The summed E-state index contributed by atoms with van der Waals surface area (Å²) in [5.41, 5.74) is 0.138. The molecule has 0 aliphatic rings. The van der Waals surface area contributed by atoms with Crippen molar-refractivity contribution in [3.05, 3.63) is 84.7 Å². The lowest BCUT2D eigenvalue weighted by atomic mass is 10.3. The molecular formula is C24H26FN3O6S2. The van der Waals surface area contributed by atoms with Crippen LogP contribution in [0.1, 0.15) is 0 Å². The molecule has 0 atom stereocenters. The van der Waals surface area contributed by atoms with Gasteiger partial charge in [0.2, 0.25) is 15.9 Å². The number of nitrogens with zero attached hydrogens (tertiary/aromatic N) is 2. The van der Waals surface area contributed by atoms with E-state index in [2.05, 4.69) is 5.32 Å². The van der Waals surface area contributed by atoms with E-state index in [0.29, 0.717) is 5.75 Å². The van der Waals surface area contributed by atoms with Crippen molar-refractivity contribution in [2.75, 3.05) is 38.1 Å². The number of hydrogen-bond acceptors (Lipinski definition) is 6. The lowest BCUT2D eigenvalue weighted by Gasteiger charge is -2.24. The average molecular weight is 536 g/mol. The maximum absolute atomic E-state index is 13.4. The Morgan fingerprint density at radius 2 is 1.42 bits per heavy atom. The van der Waals surface area contributed by atoms with Crippen molar-refractivity contribution in [1.29, 1.82) is 0 Å².